The van der Waals surface area contributed by atoms with Crippen molar-refractivity contribution in [3.8, 4) is 5.75 Å². The highest BCUT2D eigenvalue weighted by molar-refractivity contribution is 6.32. The van der Waals surface area contributed by atoms with E-state index in [0.29, 0.717) is 0 Å². The average molecular weight is 385 g/mol. The first-order valence-electron chi connectivity index (χ1n) is 8.29. The Hall–Kier alpha value is -3.12. The fourth-order valence-corrected chi connectivity index (χ4v) is 3.08. The molecule has 0 fully saturated rings. The van der Waals surface area contributed by atoms with Gasteiger partial charge in [0.25, 0.3) is 11.6 Å². The number of non-ortho nitro benzene ring substituents is 1. The highest BCUT2D eigenvalue weighted by Gasteiger charge is 2.14. The van der Waals surface area contributed by atoms with Crippen molar-refractivity contribution < 1.29 is 14.5 Å². The Morgan fingerprint density at radius 2 is 1.93 bits per heavy atom. The lowest BCUT2D eigenvalue weighted by molar-refractivity contribution is -0.384. The lowest BCUT2D eigenvalue weighted by Gasteiger charge is -2.17. The summed E-state index contributed by atoms with van der Waals surface area (Å²) in [5, 5.41) is 15.9. The van der Waals surface area contributed by atoms with Crippen molar-refractivity contribution in [3.05, 3.63) is 81.4 Å². The first kappa shape index (κ1) is 18.7. The molecule has 0 spiro atoms. The van der Waals surface area contributed by atoms with E-state index in [0.717, 1.165) is 16.3 Å². The molecule has 6 nitrogen and oxygen atoms in total. The molecule has 0 heterocycles. The van der Waals surface area contributed by atoms with Gasteiger partial charge in [0, 0.05) is 12.1 Å². The Morgan fingerprint density at radius 1 is 1.19 bits per heavy atom. The number of benzene rings is 3. The number of carbonyl (C=O) groups excluding carboxylic acids is 1. The highest BCUT2D eigenvalue weighted by Crippen LogP contribution is 2.28. The van der Waals surface area contributed by atoms with Crippen molar-refractivity contribution in [2.24, 2.45) is 0 Å². The summed E-state index contributed by atoms with van der Waals surface area (Å²) in [7, 11) is 0. The maximum Gasteiger partial charge on any atom is 0.271 e. The van der Waals surface area contributed by atoms with Crippen LogP contribution in [0.1, 0.15) is 18.5 Å². The fourth-order valence-electron chi connectivity index (χ4n) is 2.85. The first-order chi connectivity index (χ1) is 13.0. The van der Waals surface area contributed by atoms with Crippen LogP contribution in [0.4, 0.5) is 5.69 Å². The van der Waals surface area contributed by atoms with Crippen LogP contribution in [0.25, 0.3) is 10.8 Å². The fraction of sp³-hybridized carbons (Fsp3) is 0.150. The van der Waals surface area contributed by atoms with Crippen LogP contribution in [-0.2, 0) is 4.79 Å². The molecule has 0 saturated carbocycles. The summed E-state index contributed by atoms with van der Waals surface area (Å²) >= 11 is 5.96. The van der Waals surface area contributed by atoms with Crippen LogP contribution in [0.3, 0.4) is 0 Å². The summed E-state index contributed by atoms with van der Waals surface area (Å²) in [5.74, 6) is -0.0971. The molecule has 1 amide bonds. The van der Waals surface area contributed by atoms with Gasteiger partial charge in [-0.2, -0.15) is 0 Å². The van der Waals surface area contributed by atoms with Gasteiger partial charge in [-0.05, 0) is 29.3 Å². The van der Waals surface area contributed by atoms with E-state index < -0.39 is 4.92 Å². The minimum Gasteiger partial charge on any atom is -0.482 e. The third-order valence-corrected chi connectivity index (χ3v) is 4.45. The SMILES string of the molecule is C[C@H](NC(=O)COc1ccc([N+](=O)[O-])cc1Cl)c1cccc2ccccc12. The molecule has 0 aromatic heterocycles. The van der Waals surface area contributed by atoms with Gasteiger partial charge in [-0.1, -0.05) is 54.1 Å². The standard InChI is InChI=1S/C20H17ClN2O4/c1-13(16-8-4-6-14-5-2-3-7-17(14)16)22-20(24)12-27-19-10-9-15(23(25)26)11-18(19)21/h2-11,13H,12H2,1H3,(H,22,24)/t13-/m0/s1. The highest BCUT2D eigenvalue weighted by atomic mass is 35.5. The van der Waals surface area contributed by atoms with Crippen LogP contribution in [-0.4, -0.2) is 17.4 Å². The van der Waals surface area contributed by atoms with Gasteiger partial charge in [0.05, 0.1) is 16.0 Å². The van der Waals surface area contributed by atoms with Gasteiger partial charge in [0.2, 0.25) is 0 Å². The average Bonchev–Trinajstić information content (AvgIpc) is 2.66. The van der Waals surface area contributed by atoms with Gasteiger partial charge in [0.1, 0.15) is 5.75 Å². The molecule has 0 aliphatic heterocycles. The minimum absolute atomic E-state index is 0.0825. The van der Waals surface area contributed by atoms with Crippen LogP contribution >= 0.6 is 11.6 Å². The molecule has 3 aromatic rings. The smallest absolute Gasteiger partial charge is 0.271 e. The number of rotatable bonds is 6. The molecule has 0 radical (unpaired) electrons. The molecule has 0 saturated heterocycles. The predicted molar refractivity (Wildman–Crippen MR) is 104 cm³/mol. The molecule has 1 N–H and O–H groups in total. The van der Waals surface area contributed by atoms with Crippen molar-refractivity contribution >= 4 is 34.0 Å². The molecule has 0 unspecified atom stereocenters. The molecule has 138 valence electrons. The second-order valence-electron chi connectivity index (χ2n) is 6.02. The number of fused-ring (bicyclic) bond motifs is 1. The zero-order valence-corrected chi connectivity index (χ0v) is 15.3. The van der Waals surface area contributed by atoms with Gasteiger partial charge >= 0.3 is 0 Å². The van der Waals surface area contributed by atoms with Gasteiger partial charge in [-0.3, -0.25) is 14.9 Å². The maximum absolute atomic E-state index is 12.2. The van der Waals surface area contributed by atoms with E-state index in [4.69, 9.17) is 16.3 Å². The summed E-state index contributed by atoms with van der Waals surface area (Å²) in [5.41, 5.74) is 0.871. The molecule has 7 heteroatoms. The molecule has 0 bridgehead atoms. The zero-order valence-electron chi connectivity index (χ0n) is 14.5. The normalized spacial score (nSPS) is 11.8. The summed E-state index contributed by atoms with van der Waals surface area (Å²) in [4.78, 5) is 22.4. The first-order valence-corrected chi connectivity index (χ1v) is 8.67. The second kappa shape index (κ2) is 8.05. The molecule has 27 heavy (non-hydrogen) atoms. The van der Waals surface area contributed by atoms with Crippen molar-refractivity contribution in [1.82, 2.24) is 5.32 Å². The number of nitro benzene ring substituents is 1. The number of nitro groups is 1. The number of carbonyl (C=O) groups is 1. The van der Waals surface area contributed by atoms with Crippen LogP contribution < -0.4 is 10.1 Å². The number of halogens is 1. The Balaban J connectivity index is 1.64. The summed E-state index contributed by atoms with van der Waals surface area (Å²) in [6, 6.07) is 17.5. The summed E-state index contributed by atoms with van der Waals surface area (Å²) in [6.07, 6.45) is 0. The topological polar surface area (TPSA) is 81.5 Å². The van der Waals surface area contributed by atoms with Crippen LogP contribution in [0.15, 0.2) is 60.7 Å². The minimum atomic E-state index is -0.547. The second-order valence-corrected chi connectivity index (χ2v) is 6.43. The molecule has 0 aliphatic carbocycles. The molecular weight excluding hydrogens is 368 g/mol. The molecule has 1 atom stereocenters. The number of hydrogen-bond acceptors (Lipinski definition) is 4. The van der Waals surface area contributed by atoms with E-state index in [2.05, 4.69) is 5.32 Å². The van der Waals surface area contributed by atoms with Crippen molar-refractivity contribution in [2.75, 3.05) is 6.61 Å². The number of amides is 1. The van der Waals surface area contributed by atoms with Crippen LogP contribution in [0.5, 0.6) is 5.75 Å². The Morgan fingerprint density at radius 3 is 2.67 bits per heavy atom. The largest absolute Gasteiger partial charge is 0.482 e. The van der Waals surface area contributed by atoms with Crippen molar-refractivity contribution in [1.29, 1.82) is 0 Å². The van der Waals surface area contributed by atoms with Crippen LogP contribution in [0, 0.1) is 10.1 Å². The Kier molecular flexibility index (Phi) is 5.57. The Labute approximate surface area is 160 Å². The van der Waals surface area contributed by atoms with E-state index in [9.17, 15) is 14.9 Å². The van der Waals surface area contributed by atoms with Gasteiger partial charge in [-0.15, -0.1) is 0 Å². The quantitative estimate of drug-likeness (QED) is 0.495. The maximum atomic E-state index is 12.2. The number of nitrogens with one attached hydrogen (secondary N) is 1. The summed E-state index contributed by atoms with van der Waals surface area (Å²) < 4.78 is 5.39. The van der Waals surface area contributed by atoms with E-state index >= 15 is 0 Å². The Bertz CT molecular complexity index is 1000. The molecule has 3 aromatic carbocycles. The van der Waals surface area contributed by atoms with Crippen molar-refractivity contribution in [3.63, 3.8) is 0 Å². The zero-order chi connectivity index (χ0) is 19.4. The number of nitrogens with zero attached hydrogens (tertiary/aromatic N) is 1. The lowest BCUT2D eigenvalue weighted by Crippen LogP contribution is -2.31. The number of ether oxygens (including phenoxy) is 1. The van der Waals surface area contributed by atoms with Gasteiger partial charge in [0.15, 0.2) is 6.61 Å². The molecular formula is C20H17ClN2O4. The van der Waals surface area contributed by atoms with Crippen molar-refractivity contribution in [2.45, 2.75) is 13.0 Å². The van der Waals surface area contributed by atoms with E-state index in [1.165, 1.54) is 18.2 Å². The predicted octanol–water partition coefficient (Wildman–Crippen LogP) is 4.66. The van der Waals surface area contributed by atoms with Crippen LogP contribution in [0.2, 0.25) is 5.02 Å². The number of hydrogen-bond donors (Lipinski definition) is 1. The third-order valence-electron chi connectivity index (χ3n) is 4.15. The summed E-state index contributed by atoms with van der Waals surface area (Å²) in [6.45, 7) is 1.66. The lowest BCUT2D eigenvalue weighted by atomic mass is 10.00. The van der Waals surface area contributed by atoms with E-state index in [-0.39, 0.29) is 35.0 Å². The van der Waals surface area contributed by atoms with Gasteiger partial charge < -0.3 is 10.1 Å². The monoisotopic (exact) mass is 384 g/mol. The van der Waals surface area contributed by atoms with E-state index in [1.807, 2.05) is 49.4 Å². The van der Waals surface area contributed by atoms with E-state index in [1.54, 1.807) is 0 Å². The molecule has 3 rings (SSSR count). The van der Waals surface area contributed by atoms with Gasteiger partial charge in [-0.25, -0.2) is 0 Å². The third kappa shape index (κ3) is 4.35. The molecule has 0 aliphatic rings.